The number of alkyl halides is 1. The van der Waals surface area contributed by atoms with E-state index in [4.69, 9.17) is 5.26 Å². The molecule has 1 amide bonds. The Morgan fingerprint density at radius 3 is 2.15 bits per heavy atom. The summed E-state index contributed by atoms with van der Waals surface area (Å²) in [5.74, 6) is -0.412. The molecule has 2 N–H and O–H groups in total. The molecule has 3 rings (SSSR count). The summed E-state index contributed by atoms with van der Waals surface area (Å²) in [6.45, 7) is -0.136. The molecule has 1 heterocycles. The average Bonchev–Trinajstić information content (AvgIpc) is 2.67. The highest BCUT2D eigenvalue weighted by molar-refractivity contribution is 5.85. The van der Waals surface area contributed by atoms with E-state index in [0.717, 1.165) is 16.7 Å². The number of carbonyl (C=O) groups is 1. The number of hydrogen-bond donors (Lipinski definition) is 2. The minimum Gasteiger partial charge on any atom is -0.339 e. The third-order valence-electron chi connectivity index (χ3n) is 4.87. The average molecular weight is 362 g/mol. The van der Waals surface area contributed by atoms with E-state index < -0.39 is 24.0 Å². The molecule has 0 aliphatic carbocycles. The molecule has 1 saturated heterocycles. The first-order valence-corrected chi connectivity index (χ1v) is 8.67. The van der Waals surface area contributed by atoms with Crippen LogP contribution in [0.3, 0.4) is 0 Å². The Balaban J connectivity index is 1.65. The maximum atomic E-state index is 13.2. The molecule has 136 valence electrons. The number of benzene rings is 2. The number of halogens is 1. The molecule has 0 aromatic heterocycles. The zero-order chi connectivity index (χ0) is 19.3. The van der Waals surface area contributed by atoms with Crippen LogP contribution in [0.15, 0.2) is 48.5 Å². The van der Waals surface area contributed by atoms with Gasteiger partial charge in [0.05, 0.1) is 17.7 Å². The Morgan fingerprint density at radius 1 is 1.11 bits per heavy atom. The van der Waals surface area contributed by atoms with Crippen LogP contribution in [0, 0.1) is 28.1 Å². The summed E-state index contributed by atoms with van der Waals surface area (Å²) in [7, 11) is 0. The highest BCUT2D eigenvalue weighted by atomic mass is 19.1. The van der Waals surface area contributed by atoms with Crippen molar-refractivity contribution in [3.05, 3.63) is 59.7 Å². The number of hydrogen-bond acceptors (Lipinski definition) is 4. The molecular formula is C21H19FN4O. The fourth-order valence-electron chi connectivity index (χ4n) is 2.99. The van der Waals surface area contributed by atoms with Crippen molar-refractivity contribution in [2.24, 2.45) is 5.41 Å². The van der Waals surface area contributed by atoms with Gasteiger partial charge in [0, 0.05) is 19.5 Å². The molecule has 0 spiro atoms. The van der Waals surface area contributed by atoms with Crippen LogP contribution in [0.4, 0.5) is 4.39 Å². The third-order valence-corrected chi connectivity index (χ3v) is 4.87. The van der Waals surface area contributed by atoms with Crippen molar-refractivity contribution in [2.75, 3.05) is 19.8 Å². The molecular weight excluding hydrogens is 343 g/mol. The summed E-state index contributed by atoms with van der Waals surface area (Å²) in [4.78, 5) is 12.3. The van der Waals surface area contributed by atoms with Crippen LogP contribution < -0.4 is 10.6 Å². The van der Waals surface area contributed by atoms with Gasteiger partial charge in [-0.1, -0.05) is 36.4 Å². The van der Waals surface area contributed by atoms with Crippen LogP contribution in [-0.2, 0) is 11.2 Å². The summed E-state index contributed by atoms with van der Waals surface area (Å²) in [6, 6.07) is 18.4. The predicted octanol–water partition coefficient (Wildman–Crippen LogP) is 2.34. The zero-order valence-electron chi connectivity index (χ0n) is 14.7. The van der Waals surface area contributed by atoms with Crippen molar-refractivity contribution in [1.82, 2.24) is 10.6 Å². The molecule has 27 heavy (non-hydrogen) atoms. The smallest absolute Gasteiger partial charge is 0.232 e. The van der Waals surface area contributed by atoms with Gasteiger partial charge in [0.25, 0.3) is 0 Å². The van der Waals surface area contributed by atoms with Gasteiger partial charge in [-0.25, -0.2) is 4.39 Å². The van der Waals surface area contributed by atoms with E-state index in [1.807, 2.05) is 36.4 Å². The molecule has 1 aliphatic heterocycles. The molecule has 0 unspecified atom stereocenters. The van der Waals surface area contributed by atoms with Gasteiger partial charge in [0.1, 0.15) is 18.1 Å². The summed E-state index contributed by atoms with van der Waals surface area (Å²) >= 11 is 0. The minimum atomic E-state index is -1.03. The number of amides is 1. The Kier molecular flexibility index (Phi) is 5.49. The third kappa shape index (κ3) is 3.97. The number of nitrogens with one attached hydrogen (secondary N) is 2. The van der Waals surface area contributed by atoms with E-state index in [0.29, 0.717) is 25.1 Å². The predicted molar refractivity (Wildman–Crippen MR) is 99.1 cm³/mol. The van der Waals surface area contributed by atoms with Gasteiger partial charge in [0.15, 0.2) is 0 Å². The first kappa shape index (κ1) is 18.6. The molecule has 6 heteroatoms. The summed E-state index contributed by atoms with van der Waals surface area (Å²) < 4.78 is 13.2. The fourth-order valence-corrected chi connectivity index (χ4v) is 2.99. The van der Waals surface area contributed by atoms with Gasteiger partial charge < -0.3 is 10.6 Å². The lowest BCUT2D eigenvalue weighted by molar-refractivity contribution is -0.135. The molecule has 0 saturated carbocycles. The van der Waals surface area contributed by atoms with Crippen molar-refractivity contribution in [3.8, 4) is 23.3 Å². The molecule has 2 aromatic carbocycles. The van der Waals surface area contributed by atoms with Crippen molar-refractivity contribution >= 4 is 5.91 Å². The van der Waals surface area contributed by atoms with Gasteiger partial charge in [0.2, 0.25) is 5.91 Å². The maximum absolute atomic E-state index is 13.2. The second-order valence-electron chi connectivity index (χ2n) is 6.76. The number of carbonyl (C=O) groups excluding carboxylic acids is 1. The van der Waals surface area contributed by atoms with E-state index >= 15 is 0 Å². The van der Waals surface area contributed by atoms with Crippen LogP contribution in [-0.4, -0.2) is 31.7 Å². The first-order chi connectivity index (χ1) is 13.1. The van der Waals surface area contributed by atoms with Crippen LogP contribution in [0.25, 0.3) is 11.1 Å². The second-order valence-corrected chi connectivity index (χ2v) is 6.76. The first-order valence-electron chi connectivity index (χ1n) is 8.67. The second kappa shape index (κ2) is 7.99. The van der Waals surface area contributed by atoms with Crippen LogP contribution in [0.5, 0.6) is 0 Å². The van der Waals surface area contributed by atoms with E-state index in [9.17, 15) is 14.4 Å². The van der Waals surface area contributed by atoms with Crippen LogP contribution in [0.1, 0.15) is 11.1 Å². The monoisotopic (exact) mass is 362 g/mol. The van der Waals surface area contributed by atoms with Crippen molar-refractivity contribution in [3.63, 3.8) is 0 Å². The molecule has 0 radical (unpaired) electrons. The highest BCUT2D eigenvalue weighted by Crippen LogP contribution is 2.24. The lowest BCUT2D eigenvalue weighted by atomic mass is 9.82. The Bertz CT molecular complexity index is 884. The Morgan fingerprint density at radius 2 is 1.70 bits per heavy atom. The topological polar surface area (TPSA) is 88.7 Å². The molecule has 5 nitrogen and oxygen atoms in total. The van der Waals surface area contributed by atoms with E-state index in [-0.39, 0.29) is 0 Å². The molecule has 1 atom stereocenters. The number of rotatable bonds is 6. The minimum absolute atomic E-state index is 0.298. The molecule has 1 aliphatic rings. The summed E-state index contributed by atoms with van der Waals surface area (Å²) in [5, 5.41) is 23.8. The Labute approximate surface area is 157 Å². The molecule has 1 fully saturated rings. The van der Waals surface area contributed by atoms with Gasteiger partial charge >= 0.3 is 0 Å². The van der Waals surface area contributed by atoms with Crippen molar-refractivity contribution in [2.45, 2.75) is 12.5 Å². The van der Waals surface area contributed by atoms with Crippen LogP contribution in [0.2, 0.25) is 0 Å². The van der Waals surface area contributed by atoms with Gasteiger partial charge in [-0.05, 0) is 28.8 Å². The van der Waals surface area contributed by atoms with Crippen molar-refractivity contribution in [1.29, 1.82) is 10.5 Å². The summed E-state index contributed by atoms with van der Waals surface area (Å²) in [6.07, 6.45) is 0.353. The maximum Gasteiger partial charge on any atom is 0.232 e. The van der Waals surface area contributed by atoms with Crippen LogP contribution >= 0.6 is 0 Å². The van der Waals surface area contributed by atoms with Crippen molar-refractivity contribution < 1.29 is 9.18 Å². The van der Waals surface area contributed by atoms with Gasteiger partial charge in [-0.15, -0.1) is 0 Å². The fraction of sp³-hybridized carbons (Fsp3) is 0.286. The number of nitrogens with zero attached hydrogens (tertiary/aromatic N) is 2. The Hall–Kier alpha value is -3.22. The normalized spacial score (nSPS) is 15.7. The van der Waals surface area contributed by atoms with Gasteiger partial charge in [-0.2, -0.15) is 10.5 Å². The lowest BCUT2D eigenvalue weighted by Crippen LogP contribution is -2.63. The number of nitriles is 2. The largest absolute Gasteiger partial charge is 0.339 e. The summed E-state index contributed by atoms with van der Waals surface area (Å²) in [5.41, 5.74) is 2.47. The van der Waals surface area contributed by atoms with E-state index in [2.05, 4.69) is 22.8 Å². The quantitative estimate of drug-likeness (QED) is 0.825. The van der Waals surface area contributed by atoms with E-state index in [1.165, 1.54) is 0 Å². The molecule has 2 aromatic rings. The molecule has 0 bridgehead atoms. The lowest BCUT2D eigenvalue weighted by Gasteiger charge is -2.39. The SMILES string of the molecule is N#Cc1ccc(-c2ccc(C[C@@H](C#N)NC(=O)C3(CF)CNC3)cc2)cc1. The van der Waals surface area contributed by atoms with E-state index in [1.54, 1.807) is 12.1 Å². The van der Waals surface area contributed by atoms with Gasteiger partial charge in [-0.3, -0.25) is 4.79 Å². The zero-order valence-corrected chi connectivity index (χ0v) is 14.7. The highest BCUT2D eigenvalue weighted by Gasteiger charge is 2.45. The standard InChI is InChI=1S/C21H19FN4O/c22-12-21(13-25-14-21)20(27)26-19(11-24)9-15-1-5-17(6-2-15)18-7-3-16(10-23)4-8-18/h1-8,19,25H,9,12-14H2,(H,26,27)/t19-/m0/s1.